The molecule has 0 N–H and O–H groups in total. The third-order valence-electron chi connectivity index (χ3n) is 4.64. The fraction of sp³-hybridized carbons (Fsp3) is 0.389. The fourth-order valence-corrected chi connectivity index (χ4v) is 3.58. The summed E-state index contributed by atoms with van der Waals surface area (Å²) < 4.78 is 14.1. The summed E-state index contributed by atoms with van der Waals surface area (Å²) in [6.45, 7) is 3.97. The monoisotopic (exact) mass is 369 g/mol. The normalized spacial score (nSPS) is 15.3. The summed E-state index contributed by atoms with van der Waals surface area (Å²) in [5.41, 5.74) is 3.16. The molecule has 8 heteroatoms. The zero-order valence-corrected chi connectivity index (χ0v) is 15.3. The highest BCUT2D eigenvalue weighted by Gasteiger charge is 2.24. The summed E-state index contributed by atoms with van der Waals surface area (Å²) in [5, 5.41) is 8.01. The van der Waals surface area contributed by atoms with Crippen molar-refractivity contribution in [2.24, 2.45) is 5.92 Å². The van der Waals surface area contributed by atoms with E-state index in [9.17, 15) is 4.79 Å². The van der Waals surface area contributed by atoms with Crippen molar-refractivity contribution in [2.75, 3.05) is 19.7 Å². The number of likely N-dealkylation sites (tertiary alicyclic amines) is 1. The van der Waals surface area contributed by atoms with Gasteiger partial charge in [-0.05, 0) is 49.9 Å². The van der Waals surface area contributed by atoms with E-state index in [1.54, 1.807) is 0 Å². The van der Waals surface area contributed by atoms with E-state index in [-0.39, 0.29) is 5.91 Å². The van der Waals surface area contributed by atoms with Gasteiger partial charge in [0.2, 0.25) is 5.88 Å². The molecule has 4 rings (SSSR count). The van der Waals surface area contributed by atoms with Gasteiger partial charge >= 0.3 is 0 Å². The number of nitrogens with zero attached hydrogens (tertiary/aromatic N) is 5. The largest absolute Gasteiger partial charge is 0.476 e. The van der Waals surface area contributed by atoms with Crippen LogP contribution in [0.15, 0.2) is 30.3 Å². The summed E-state index contributed by atoms with van der Waals surface area (Å²) in [6, 6.07) is 9.24. The van der Waals surface area contributed by atoms with Crippen molar-refractivity contribution < 1.29 is 9.53 Å². The van der Waals surface area contributed by atoms with E-state index < -0.39 is 0 Å². The van der Waals surface area contributed by atoms with Crippen molar-refractivity contribution in [3.05, 3.63) is 41.6 Å². The highest BCUT2D eigenvalue weighted by Crippen LogP contribution is 2.21. The lowest BCUT2D eigenvalue weighted by Crippen LogP contribution is -2.39. The second kappa shape index (κ2) is 7.33. The number of amides is 1. The molecule has 1 saturated heterocycles. The summed E-state index contributed by atoms with van der Waals surface area (Å²) in [4.78, 5) is 14.6. The Bertz CT molecular complexity index is 903. The lowest BCUT2D eigenvalue weighted by atomic mass is 9.97. The van der Waals surface area contributed by atoms with E-state index in [4.69, 9.17) is 4.74 Å². The van der Waals surface area contributed by atoms with Crippen LogP contribution in [-0.4, -0.2) is 49.4 Å². The van der Waals surface area contributed by atoms with Crippen LogP contribution in [0.4, 0.5) is 0 Å². The molecule has 7 nitrogen and oxygen atoms in total. The number of hydrogen-bond acceptors (Lipinski definition) is 7. The van der Waals surface area contributed by atoms with Crippen LogP contribution in [0.1, 0.15) is 28.9 Å². The third kappa shape index (κ3) is 3.65. The molecule has 0 bridgehead atoms. The number of aryl methyl sites for hydroxylation is 1. The SMILES string of the molecule is Cc1ccc(OCC2CCN(C(=O)c3ccc4nsnc4c3)CC2)nn1. The molecule has 0 atom stereocenters. The number of hydrogen-bond donors (Lipinski definition) is 0. The Balaban J connectivity index is 1.31. The number of ether oxygens (including phenoxy) is 1. The molecule has 1 aromatic carbocycles. The minimum absolute atomic E-state index is 0.0590. The first-order valence-electron chi connectivity index (χ1n) is 8.64. The average molecular weight is 369 g/mol. The van der Waals surface area contributed by atoms with E-state index in [1.165, 1.54) is 11.7 Å². The first-order valence-corrected chi connectivity index (χ1v) is 9.37. The van der Waals surface area contributed by atoms with E-state index >= 15 is 0 Å². The van der Waals surface area contributed by atoms with Gasteiger partial charge in [0.05, 0.1) is 24.0 Å². The summed E-state index contributed by atoms with van der Waals surface area (Å²) >= 11 is 1.17. The Morgan fingerprint density at radius 2 is 1.96 bits per heavy atom. The molecular formula is C18H19N5O2S. The van der Waals surface area contributed by atoms with Crippen molar-refractivity contribution >= 4 is 28.7 Å². The third-order valence-corrected chi connectivity index (χ3v) is 5.20. The van der Waals surface area contributed by atoms with Crippen molar-refractivity contribution in [1.82, 2.24) is 23.8 Å². The van der Waals surface area contributed by atoms with E-state index in [0.717, 1.165) is 42.7 Å². The lowest BCUT2D eigenvalue weighted by molar-refractivity contribution is 0.0659. The predicted molar refractivity (Wildman–Crippen MR) is 98.3 cm³/mol. The van der Waals surface area contributed by atoms with Crippen LogP contribution < -0.4 is 4.74 Å². The minimum atomic E-state index is 0.0590. The second-order valence-electron chi connectivity index (χ2n) is 6.53. The van der Waals surface area contributed by atoms with Crippen molar-refractivity contribution in [1.29, 1.82) is 0 Å². The predicted octanol–water partition coefficient (Wildman–Crippen LogP) is 2.72. The zero-order chi connectivity index (χ0) is 17.9. The molecule has 1 aliphatic heterocycles. The molecule has 0 aliphatic carbocycles. The van der Waals surface area contributed by atoms with E-state index in [2.05, 4.69) is 18.9 Å². The summed E-state index contributed by atoms with van der Waals surface area (Å²) in [6.07, 6.45) is 1.84. The molecule has 26 heavy (non-hydrogen) atoms. The van der Waals surface area contributed by atoms with E-state index in [0.29, 0.717) is 24.0 Å². The van der Waals surface area contributed by atoms with Gasteiger partial charge < -0.3 is 9.64 Å². The molecule has 2 aromatic heterocycles. The molecule has 134 valence electrons. The maximum Gasteiger partial charge on any atom is 0.253 e. The molecule has 0 saturated carbocycles. The molecule has 3 heterocycles. The Morgan fingerprint density at radius 3 is 2.73 bits per heavy atom. The molecule has 1 fully saturated rings. The van der Waals surface area contributed by atoms with Gasteiger partial charge in [-0.2, -0.15) is 13.8 Å². The van der Waals surface area contributed by atoms with Gasteiger partial charge in [0, 0.05) is 24.7 Å². The van der Waals surface area contributed by atoms with Crippen molar-refractivity contribution in [2.45, 2.75) is 19.8 Å². The fourth-order valence-electron chi connectivity index (χ4n) is 3.07. The molecule has 0 radical (unpaired) electrons. The van der Waals surface area contributed by atoms with Crippen molar-refractivity contribution in [3.8, 4) is 5.88 Å². The van der Waals surface area contributed by atoms with Crippen LogP contribution in [-0.2, 0) is 0 Å². The first-order chi connectivity index (χ1) is 12.7. The number of piperidine rings is 1. The Kier molecular flexibility index (Phi) is 4.75. The molecule has 3 aromatic rings. The smallest absolute Gasteiger partial charge is 0.253 e. The number of carbonyl (C=O) groups is 1. The van der Waals surface area contributed by atoms with Crippen molar-refractivity contribution in [3.63, 3.8) is 0 Å². The van der Waals surface area contributed by atoms with Crippen LogP contribution in [0.2, 0.25) is 0 Å². The van der Waals surface area contributed by atoms with Gasteiger partial charge in [0.25, 0.3) is 5.91 Å². The number of fused-ring (bicyclic) bond motifs is 1. The quantitative estimate of drug-likeness (QED) is 0.703. The highest BCUT2D eigenvalue weighted by atomic mass is 32.1. The molecule has 0 spiro atoms. The van der Waals surface area contributed by atoms with Crippen LogP contribution in [0.5, 0.6) is 5.88 Å². The summed E-state index contributed by atoms with van der Waals surface area (Å²) in [5.74, 6) is 1.04. The van der Waals surface area contributed by atoms with Gasteiger partial charge in [-0.25, -0.2) is 0 Å². The molecular weight excluding hydrogens is 350 g/mol. The first kappa shape index (κ1) is 16.8. The molecule has 1 amide bonds. The Hall–Kier alpha value is -2.61. The van der Waals surface area contributed by atoms with Gasteiger partial charge in [-0.3, -0.25) is 4.79 Å². The number of benzene rings is 1. The van der Waals surface area contributed by atoms with Gasteiger partial charge in [-0.15, -0.1) is 5.10 Å². The van der Waals surface area contributed by atoms with Crippen LogP contribution in [0.3, 0.4) is 0 Å². The Morgan fingerprint density at radius 1 is 1.15 bits per heavy atom. The second-order valence-corrected chi connectivity index (χ2v) is 7.06. The topological polar surface area (TPSA) is 81.1 Å². The molecule has 0 unspecified atom stereocenters. The molecule has 1 aliphatic rings. The van der Waals surface area contributed by atoms with Crippen LogP contribution in [0, 0.1) is 12.8 Å². The van der Waals surface area contributed by atoms with Gasteiger partial charge in [0.15, 0.2) is 0 Å². The average Bonchev–Trinajstić information content (AvgIpc) is 3.15. The minimum Gasteiger partial charge on any atom is -0.476 e. The highest BCUT2D eigenvalue weighted by molar-refractivity contribution is 7.00. The van der Waals surface area contributed by atoms with Gasteiger partial charge in [-0.1, -0.05) is 0 Å². The zero-order valence-electron chi connectivity index (χ0n) is 14.5. The van der Waals surface area contributed by atoms with Crippen LogP contribution in [0.25, 0.3) is 11.0 Å². The Labute approximate surface area is 155 Å². The number of aromatic nitrogens is 4. The number of carbonyl (C=O) groups excluding carboxylic acids is 1. The van der Waals surface area contributed by atoms with Crippen LogP contribution >= 0.6 is 11.7 Å². The lowest BCUT2D eigenvalue weighted by Gasteiger charge is -2.31. The summed E-state index contributed by atoms with van der Waals surface area (Å²) in [7, 11) is 0. The standard InChI is InChI=1S/C18H19N5O2S/c1-12-2-5-17(20-19-12)25-11-13-6-8-23(9-7-13)18(24)14-3-4-15-16(10-14)22-26-21-15/h2-5,10,13H,6-9,11H2,1H3. The van der Waals surface area contributed by atoms with Gasteiger partial charge in [0.1, 0.15) is 11.0 Å². The maximum atomic E-state index is 12.7. The maximum absolute atomic E-state index is 12.7. The number of rotatable bonds is 4. The van der Waals surface area contributed by atoms with E-state index in [1.807, 2.05) is 42.2 Å².